The van der Waals surface area contributed by atoms with E-state index in [1.54, 1.807) is 12.1 Å². The Morgan fingerprint density at radius 3 is 2.35 bits per heavy atom. The molecule has 0 saturated carbocycles. The van der Waals surface area contributed by atoms with Gasteiger partial charge in [-0.1, -0.05) is 45.8 Å². The van der Waals surface area contributed by atoms with Gasteiger partial charge in [0.05, 0.1) is 22.4 Å². The number of nitrogens with zero attached hydrogens (tertiary/aromatic N) is 2. The third-order valence-electron chi connectivity index (χ3n) is 5.38. The van der Waals surface area contributed by atoms with E-state index in [0.717, 1.165) is 51.4 Å². The minimum absolute atomic E-state index is 0.144. The first kappa shape index (κ1) is 21.1. The highest BCUT2D eigenvalue weighted by atomic mass is 79.9. The summed E-state index contributed by atoms with van der Waals surface area (Å²) in [4.78, 5) is 23.3. The molecule has 158 valence electrons. The van der Waals surface area contributed by atoms with E-state index in [0.29, 0.717) is 5.56 Å². The number of aromatic amines is 1. The van der Waals surface area contributed by atoms with Crippen LogP contribution in [0, 0.1) is 6.92 Å². The van der Waals surface area contributed by atoms with Crippen molar-refractivity contribution in [3.8, 4) is 11.4 Å². The second-order valence-electron chi connectivity index (χ2n) is 7.47. The number of rotatable bonds is 6. The molecular formula is C25H25BrN4O. The molecule has 1 heterocycles. The van der Waals surface area contributed by atoms with Gasteiger partial charge in [0.15, 0.2) is 0 Å². The molecule has 4 aromatic rings. The molecule has 0 fully saturated rings. The van der Waals surface area contributed by atoms with Crippen LogP contribution in [0.2, 0.25) is 0 Å². The third kappa shape index (κ3) is 4.49. The number of nitrogens with one attached hydrogen (secondary N) is 2. The molecule has 2 N–H and O–H groups in total. The Morgan fingerprint density at radius 2 is 1.71 bits per heavy atom. The van der Waals surface area contributed by atoms with Crippen LogP contribution in [0.4, 0.5) is 11.4 Å². The number of amides is 1. The summed E-state index contributed by atoms with van der Waals surface area (Å²) in [6.45, 7) is 7.96. The monoisotopic (exact) mass is 476 g/mol. The summed E-state index contributed by atoms with van der Waals surface area (Å²) in [5.41, 5.74) is 6.34. The van der Waals surface area contributed by atoms with Crippen molar-refractivity contribution in [2.45, 2.75) is 20.8 Å². The number of hydrogen-bond donors (Lipinski definition) is 2. The van der Waals surface area contributed by atoms with Crippen LogP contribution in [-0.2, 0) is 0 Å². The Balaban J connectivity index is 1.76. The van der Waals surface area contributed by atoms with Crippen LogP contribution in [0.1, 0.15) is 29.8 Å². The average molecular weight is 477 g/mol. The van der Waals surface area contributed by atoms with Crippen molar-refractivity contribution in [1.29, 1.82) is 0 Å². The highest BCUT2D eigenvalue weighted by molar-refractivity contribution is 9.10. The van der Waals surface area contributed by atoms with Gasteiger partial charge in [-0.15, -0.1) is 0 Å². The maximum atomic E-state index is 12.9. The van der Waals surface area contributed by atoms with Crippen LogP contribution in [0.5, 0.6) is 0 Å². The summed E-state index contributed by atoms with van der Waals surface area (Å²) in [7, 11) is 0. The summed E-state index contributed by atoms with van der Waals surface area (Å²) in [6.07, 6.45) is 0. The number of halogens is 1. The van der Waals surface area contributed by atoms with Crippen molar-refractivity contribution in [2.75, 3.05) is 23.3 Å². The first-order chi connectivity index (χ1) is 15.0. The molecule has 3 aromatic carbocycles. The van der Waals surface area contributed by atoms with E-state index in [2.05, 4.69) is 82.2 Å². The number of anilines is 2. The average Bonchev–Trinajstić information content (AvgIpc) is 3.18. The number of carbonyl (C=O) groups excluding carboxylic acids is 1. The smallest absolute Gasteiger partial charge is 0.255 e. The van der Waals surface area contributed by atoms with Gasteiger partial charge in [0.2, 0.25) is 0 Å². The lowest BCUT2D eigenvalue weighted by molar-refractivity contribution is 0.102. The second kappa shape index (κ2) is 8.94. The molecule has 4 rings (SSSR count). The molecule has 31 heavy (non-hydrogen) atoms. The van der Waals surface area contributed by atoms with Gasteiger partial charge in [-0.25, -0.2) is 4.98 Å². The van der Waals surface area contributed by atoms with Crippen molar-refractivity contribution in [3.63, 3.8) is 0 Å². The summed E-state index contributed by atoms with van der Waals surface area (Å²) < 4.78 is 0.939. The van der Waals surface area contributed by atoms with E-state index in [9.17, 15) is 4.79 Å². The van der Waals surface area contributed by atoms with Crippen LogP contribution in [0.15, 0.2) is 65.1 Å². The second-order valence-corrected chi connectivity index (χ2v) is 8.39. The van der Waals surface area contributed by atoms with E-state index < -0.39 is 0 Å². The van der Waals surface area contributed by atoms with Crippen molar-refractivity contribution in [2.24, 2.45) is 0 Å². The molecule has 0 spiro atoms. The van der Waals surface area contributed by atoms with Crippen molar-refractivity contribution < 1.29 is 4.79 Å². The molecule has 0 atom stereocenters. The Bertz CT molecular complexity index is 1210. The van der Waals surface area contributed by atoms with Gasteiger partial charge in [-0.05, 0) is 57.2 Å². The fourth-order valence-electron chi connectivity index (χ4n) is 3.62. The number of fused-ring (bicyclic) bond motifs is 1. The highest BCUT2D eigenvalue weighted by Gasteiger charge is 2.16. The topological polar surface area (TPSA) is 61.0 Å². The van der Waals surface area contributed by atoms with E-state index in [4.69, 9.17) is 4.98 Å². The fourth-order valence-corrected chi connectivity index (χ4v) is 3.88. The molecule has 5 nitrogen and oxygen atoms in total. The molecule has 0 aliphatic carbocycles. The van der Waals surface area contributed by atoms with Gasteiger partial charge in [-0.2, -0.15) is 0 Å². The maximum Gasteiger partial charge on any atom is 0.255 e. The zero-order chi connectivity index (χ0) is 22.0. The number of benzene rings is 3. The standard InChI is InChI=1S/C25H25BrN4O/c1-4-30(5-2)23-15-21-20(27-24(28-21)17-8-6-16(3)7-9-17)14-22(23)29-25(31)18-10-12-19(26)13-11-18/h6-15H,4-5H2,1-3H3,(H,27,28)(H,29,31). The minimum Gasteiger partial charge on any atom is -0.370 e. The van der Waals surface area contributed by atoms with Gasteiger partial charge >= 0.3 is 0 Å². The van der Waals surface area contributed by atoms with Gasteiger partial charge in [0.1, 0.15) is 5.82 Å². The quantitative estimate of drug-likeness (QED) is 0.338. The van der Waals surface area contributed by atoms with E-state index in [-0.39, 0.29) is 5.91 Å². The number of imidazole rings is 1. The molecule has 0 aliphatic heterocycles. The van der Waals surface area contributed by atoms with E-state index >= 15 is 0 Å². The number of hydrogen-bond acceptors (Lipinski definition) is 3. The van der Waals surface area contributed by atoms with Gasteiger partial charge in [0, 0.05) is 28.7 Å². The molecule has 0 bridgehead atoms. The molecule has 0 unspecified atom stereocenters. The number of aromatic nitrogens is 2. The van der Waals surface area contributed by atoms with Crippen LogP contribution in [-0.4, -0.2) is 29.0 Å². The molecule has 0 saturated heterocycles. The molecular weight excluding hydrogens is 452 g/mol. The first-order valence-electron chi connectivity index (χ1n) is 10.4. The number of aryl methyl sites for hydroxylation is 1. The molecule has 0 radical (unpaired) electrons. The summed E-state index contributed by atoms with van der Waals surface area (Å²) in [6, 6.07) is 19.6. The Hall–Kier alpha value is -3.12. The van der Waals surface area contributed by atoms with E-state index in [1.165, 1.54) is 5.56 Å². The zero-order valence-electron chi connectivity index (χ0n) is 17.9. The molecule has 1 amide bonds. The fraction of sp³-hybridized carbons (Fsp3) is 0.200. The molecule has 6 heteroatoms. The zero-order valence-corrected chi connectivity index (χ0v) is 19.5. The maximum absolute atomic E-state index is 12.9. The van der Waals surface area contributed by atoms with Crippen molar-refractivity contribution >= 4 is 44.2 Å². The van der Waals surface area contributed by atoms with Crippen molar-refractivity contribution in [3.05, 3.63) is 76.3 Å². The van der Waals surface area contributed by atoms with Gasteiger partial charge in [-0.3, -0.25) is 4.79 Å². The lowest BCUT2D eigenvalue weighted by atomic mass is 10.1. The molecule has 1 aromatic heterocycles. The normalized spacial score (nSPS) is 11.0. The van der Waals surface area contributed by atoms with Gasteiger partial charge < -0.3 is 15.2 Å². The summed E-state index contributed by atoms with van der Waals surface area (Å²) in [5.74, 6) is 0.673. The Labute approximate surface area is 190 Å². The summed E-state index contributed by atoms with van der Waals surface area (Å²) >= 11 is 3.41. The van der Waals surface area contributed by atoms with Crippen LogP contribution >= 0.6 is 15.9 Å². The Kier molecular flexibility index (Phi) is 6.09. The van der Waals surface area contributed by atoms with Crippen molar-refractivity contribution in [1.82, 2.24) is 9.97 Å². The number of H-pyrrole nitrogens is 1. The Morgan fingerprint density at radius 1 is 1.03 bits per heavy atom. The molecule has 0 aliphatic rings. The lowest BCUT2D eigenvalue weighted by Crippen LogP contribution is -2.24. The van der Waals surface area contributed by atoms with Crippen LogP contribution in [0.3, 0.4) is 0 Å². The summed E-state index contributed by atoms with van der Waals surface area (Å²) in [5, 5.41) is 3.09. The van der Waals surface area contributed by atoms with Crippen LogP contribution in [0.25, 0.3) is 22.4 Å². The van der Waals surface area contributed by atoms with E-state index in [1.807, 2.05) is 18.2 Å². The predicted octanol–water partition coefficient (Wildman–Crippen LogP) is 6.40. The predicted molar refractivity (Wildman–Crippen MR) is 132 cm³/mol. The lowest BCUT2D eigenvalue weighted by Gasteiger charge is -2.24. The largest absolute Gasteiger partial charge is 0.370 e. The minimum atomic E-state index is -0.144. The third-order valence-corrected chi connectivity index (χ3v) is 5.91. The SMILES string of the molecule is CCN(CC)c1cc2[nH]c(-c3ccc(C)cc3)nc2cc1NC(=O)c1ccc(Br)cc1. The van der Waals surface area contributed by atoms with Crippen LogP contribution < -0.4 is 10.2 Å². The number of carbonyl (C=O) groups is 1. The van der Waals surface area contributed by atoms with Gasteiger partial charge in [0.25, 0.3) is 5.91 Å². The first-order valence-corrected chi connectivity index (χ1v) is 11.2. The highest BCUT2D eigenvalue weighted by Crippen LogP contribution is 2.32.